The third-order valence-corrected chi connectivity index (χ3v) is 9.35. The van der Waals surface area contributed by atoms with Crippen LogP contribution in [0, 0.1) is 0 Å². The van der Waals surface area contributed by atoms with Crippen LogP contribution in [-0.4, -0.2) is 34.9 Å². The number of aliphatic hydroxyl groups is 2. The average molecular weight is 660 g/mol. The zero-order valence-electron chi connectivity index (χ0n) is 31.5. The monoisotopic (exact) mass is 660 g/mol. The van der Waals surface area contributed by atoms with Gasteiger partial charge in [0.15, 0.2) is 0 Å². The highest BCUT2D eigenvalue weighted by Gasteiger charge is 2.17. The molecule has 47 heavy (non-hydrogen) atoms. The normalized spacial score (nSPS) is 13.4. The molecule has 3 N–H and O–H groups in total. The third kappa shape index (κ3) is 35.7. The Balaban J connectivity index is 3.64. The minimum absolute atomic E-state index is 0.0828. The molecule has 0 aliphatic carbocycles. The first-order chi connectivity index (χ1) is 23.2. The second kappa shape index (κ2) is 39.1. The fourth-order valence-corrected chi connectivity index (χ4v) is 6.13. The Morgan fingerprint density at radius 2 is 0.830 bits per heavy atom. The molecule has 2 atom stereocenters. The largest absolute Gasteiger partial charge is 0.394 e. The van der Waals surface area contributed by atoms with Crippen molar-refractivity contribution in [2.75, 3.05) is 6.61 Å². The number of rotatable bonds is 37. The van der Waals surface area contributed by atoms with Crippen LogP contribution in [0.1, 0.15) is 213 Å². The van der Waals surface area contributed by atoms with Crippen molar-refractivity contribution < 1.29 is 15.0 Å². The van der Waals surface area contributed by atoms with Crippen molar-refractivity contribution in [3.8, 4) is 0 Å². The molecule has 4 heteroatoms. The Morgan fingerprint density at radius 1 is 0.489 bits per heavy atom. The van der Waals surface area contributed by atoms with Gasteiger partial charge in [-0.3, -0.25) is 4.79 Å². The lowest BCUT2D eigenvalue weighted by molar-refractivity contribution is -0.123. The van der Waals surface area contributed by atoms with Crippen molar-refractivity contribution >= 4 is 5.91 Å². The summed E-state index contributed by atoms with van der Waals surface area (Å²) in [7, 11) is 0. The van der Waals surface area contributed by atoms with Crippen molar-refractivity contribution in [1.82, 2.24) is 5.32 Å². The van der Waals surface area contributed by atoms with Gasteiger partial charge in [-0.05, 0) is 57.8 Å². The maximum absolute atomic E-state index is 12.3. The summed E-state index contributed by atoms with van der Waals surface area (Å²) in [4.78, 5) is 12.3. The van der Waals surface area contributed by atoms with E-state index in [4.69, 9.17) is 0 Å². The molecule has 0 aliphatic rings. The van der Waals surface area contributed by atoms with Crippen molar-refractivity contribution in [3.63, 3.8) is 0 Å². The van der Waals surface area contributed by atoms with Crippen LogP contribution in [0.2, 0.25) is 0 Å². The van der Waals surface area contributed by atoms with Crippen LogP contribution in [0.15, 0.2) is 36.5 Å². The second-order valence-corrected chi connectivity index (χ2v) is 14.0. The molecular formula is C43H81NO3. The van der Waals surface area contributed by atoms with Gasteiger partial charge in [-0.1, -0.05) is 185 Å². The highest BCUT2D eigenvalue weighted by Crippen LogP contribution is 2.14. The molecule has 0 aromatic heterocycles. The summed E-state index contributed by atoms with van der Waals surface area (Å²) >= 11 is 0. The number of allylic oxidation sites excluding steroid dienone is 5. The van der Waals surface area contributed by atoms with E-state index in [9.17, 15) is 15.0 Å². The summed E-state index contributed by atoms with van der Waals surface area (Å²) in [6.07, 6.45) is 51.0. The summed E-state index contributed by atoms with van der Waals surface area (Å²) in [6.45, 7) is 4.29. The molecule has 0 heterocycles. The molecule has 0 bridgehead atoms. The van der Waals surface area contributed by atoms with E-state index < -0.39 is 12.1 Å². The average Bonchev–Trinajstić information content (AvgIpc) is 3.07. The minimum atomic E-state index is -0.863. The van der Waals surface area contributed by atoms with Crippen molar-refractivity contribution in [1.29, 1.82) is 0 Å². The summed E-state index contributed by atoms with van der Waals surface area (Å²) in [5, 5.41) is 22.9. The van der Waals surface area contributed by atoms with Gasteiger partial charge in [0.2, 0.25) is 5.91 Å². The smallest absolute Gasteiger partial charge is 0.220 e. The van der Waals surface area contributed by atoms with Crippen molar-refractivity contribution in [3.05, 3.63) is 36.5 Å². The van der Waals surface area contributed by atoms with E-state index in [0.717, 1.165) is 44.9 Å². The molecular weight excluding hydrogens is 578 g/mol. The minimum Gasteiger partial charge on any atom is -0.394 e. The number of hydrogen-bond donors (Lipinski definition) is 3. The third-order valence-electron chi connectivity index (χ3n) is 9.35. The van der Waals surface area contributed by atoms with E-state index in [-0.39, 0.29) is 12.5 Å². The molecule has 0 saturated heterocycles. The number of carbonyl (C=O) groups is 1. The van der Waals surface area contributed by atoms with Crippen LogP contribution in [0.5, 0.6) is 0 Å². The molecule has 0 aromatic rings. The van der Waals surface area contributed by atoms with Crippen LogP contribution in [-0.2, 0) is 4.79 Å². The molecule has 1 amide bonds. The number of carbonyl (C=O) groups excluding carboxylic acids is 1. The van der Waals surface area contributed by atoms with Gasteiger partial charge in [-0.15, -0.1) is 0 Å². The molecule has 4 nitrogen and oxygen atoms in total. The van der Waals surface area contributed by atoms with Crippen LogP contribution in [0.4, 0.5) is 0 Å². The van der Waals surface area contributed by atoms with E-state index in [2.05, 4.69) is 43.5 Å². The number of hydrogen-bond acceptors (Lipinski definition) is 3. The molecule has 0 aliphatic heterocycles. The molecule has 0 spiro atoms. The van der Waals surface area contributed by atoms with E-state index in [1.54, 1.807) is 6.08 Å². The van der Waals surface area contributed by atoms with E-state index >= 15 is 0 Å². The fraction of sp³-hybridized carbons (Fsp3) is 0.837. The SMILES string of the molecule is CCCCCCCC/C=C\CCCCCCCC(=O)NC(CO)C(O)/C=C/CC/C=C/CCCCCCCCCCCCCCCC. The Kier molecular flexibility index (Phi) is 37.9. The standard InChI is InChI=1S/C43H81NO3/c1-3-5-7-9-11-13-15-17-19-20-21-22-23-25-26-28-30-32-34-36-38-42(46)41(40-45)44-43(47)39-37-35-33-31-29-27-24-18-16-14-12-10-8-6-4-2/h18,24,28,30,36,38,41-42,45-46H,3-17,19-23,25-27,29,31-35,37,39-40H2,1-2H3,(H,44,47)/b24-18-,30-28+,38-36+. The summed E-state index contributed by atoms with van der Waals surface area (Å²) < 4.78 is 0. The number of nitrogens with one attached hydrogen (secondary N) is 1. The maximum Gasteiger partial charge on any atom is 0.220 e. The first kappa shape index (κ1) is 45.6. The highest BCUT2D eigenvalue weighted by atomic mass is 16.3. The van der Waals surface area contributed by atoms with E-state index in [1.165, 1.54) is 148 Å². The first-order valence-electron chi connectivity index (χ1n) is 20.7. The van der Waals surface area contributed by atoms with Gasteiger partial charge in [0.1, 0.15) is 0 Å². The molecule has 276 valence electrons. The molecule has 0 aromatic carbocycles. The van der Waals surface area contributed by atoms with Gasteiger partial charge in [0, 0.05) is 6.42 Å². The highest BCUT2D eigenvalue weighted by molar-refractivity contribution is 5.76. The lowest BCUT2D eigenvalue weighted by Crippen LogP contribution is -2.45. The lowest BCUT2D eigenvalue weighted by atomic mass is 10.0. The maximum atomic E-state index is 12.3. The molecule has 0 radical (unpaired) electrons. The van der Waals surface area contributed by atoms with Gasteiger partial charge >= 0.3 is 0 Å². The molecule has 2 unspecified atom stereocenters. The summed E-state index contributed by atoms with van der Waals surface area (Å²) in [5.41, 5.74) is 0. The van der Waals surface area contributed by atoms with Gasteiger partial charge in [-0.2, -0.15) is 0 Å². The summed E-state index contributed by atoms with van der Waals surface area (Å²) in [6, 6.07) is -0.641. The van der Waals surface area contributed by atoms with Crippen LogP contribution < -0.4 is 5.32 Å². The first-order valence-corrected chi connectivity index (χ1v) is 20.7. The zero-order chi connectivity index (χ0) is 34.3. The molecule has 0 fully saturated rings. The Hall–Kier alpha value is -1.39. The predicted octanol–water partition coefficient (Wildman–Crippen LogP) is 12.6. The second-order valence-electron chi connectivity index (χ2n) is 14.0. The Bertz CT molecular complexity index is 716. The number of amides is 1. The molecule has 0 rings (SSSR count). The quantitative estimate of drug-likeness (QED) is 0.0459. The lowest BCUT2D eigenvalue weighted by Gasteiger charge is -2.19. The van der Waals surface area contributed by atoms with Gasteiger partial charge in [-0.25, -0.2) is 0 Å². The topological polar surface area (TPSA) is 69.6 Å². The Morgan fingerprint density at radius 3 is 1.23 bits per heavy atom. The number of aliphatic hydroxyl groups excluding tert-OH is 2. The number of unbranched alkanes of at least 4 members (excludes halogenated alkanes) is 26. The predicted molar refractivity (Wildman–Crippen MR) is 207 cm³/mol. The fourth-order valence-electron chi connectivity index (χ4n) is 6.13. The summed E-state index contributed by atoms with van der Waals surface area (Å²) in [5.74, 6) is -0.0828. The van der Waals surface area contributed by atoms with Crippen molar-refractivity contribution in [2.24, 2.45) is 0 Å². The molecule has 0 saturated carbocycles. The van der Waals surface area contributed by atoms with Gasteiger partial charge < -0.3 is 15.5 Å². The van der Waals surface area contributed by atoms with Crippen molar-refractivity contribution in [2.45, 2.75) is 225 Å². The van der Waals surface area contributed by atoms with E-state index in [0.29, 0.717) is 6.42 Å². The van der Waals surface area contributed by atoms with Gasteiger partial charge in [0.05, 0.1) is 18.8 Å². The van der Waals surface area contributed by atoms with E-state index in [1.807, 2.05) is 6.08 Å². The zero-order valence-corrected chi connectivity index (χ0v) is 31.5. The van der Waals surface area contributed by atoms with Crippen LogP contribution in [0.25, 0.3) is 0 Å². The van der Waals surface area contributed by atoms with Crippen LogP contribution >= 0.6 is 0 Å². The Labute approximate surface area is 293 Å². The van der Waals surface area contributed by atoms with Gasteiger partial charge in [0.25, 0.3) is 0 Å². The van der Waals surface area contributed by atoms with Crippen LogP contribution in [0.3, 0.4) is 0 Å².